The lowest BCUT2D eigenvalue weighted by atomic mass is 9.95. The molecule has 1 aliphatic rings. The molecule has 0 aliphatic heterocycles. The second-order valence-corrected chi connectivity index (χ2v) is 9.23. The van der Waals surface area contributed by atoms with Crippen LogP contribution in [0.5, 0.6) is 0 Å². The Morgan fingerprint density at radius 3 is 1.72 bits per heavy atom. The van der Waals surface area contributed by atoms with Crippen molar-refractivity contribution in [2.24, 2.45) is 5.92 Å². The Balaban J connectivity index is 1.82. The number of allylic oxidation sites excluding steroid dienone is 2. The van der Waals surface area contributed by atoms with Crippen molar-refractivity contribution < 1.29 is 19.1 Å². The van der Waals surface area contributed by atoms with Gasteiger partial charge in [0.2, 0.25) is 0 Å². The lowest BCUT2D eigenvalue weighted by Gasteiger charge is -2.16. The molecular formula is C28H48O4. The largest absolute Gasteiger partial charge is 0.463 e. The van der Waals surface area contributed by atoms with Crippen molar-refractivity contribution in [2.75, 3.05) is 13.2 Å². The molecule has 0 radical (unpaired) electrons. The summed E-state index contributed by atoms with van der Waals surface area (Å²) >= 11 is 0. The highest BCUT2D eigenvalue weighted by atomic mass is 16.5. The zero-order chi connectivity index (χ0) is 23.1. The van der Waals surface area contributed by atoms with Crippen LogP contribution in [0.4, 0.5) is 0 Å². The Labute approximate surface area is 197 Å². The highest BCUT2D eigenvalue weighted by Gasteiger charge is 2.11. The van der Waals surface area contributed by atoms with Gasteiger partial charge >= 0.3 is 11.9 Å². The van der Waals surface area contributed by atoms with E-state index in [4.69, 9.17) is 9.47 Å². The second-order valence-electron chi connectivity index (χ2n) is 9.23. The molecule has 0 amide bonds. The molecule has 0 N–H and O–H groups in total. The maximum absolute atomic E-state index is 11.7. The van der Waals surface area contributed by atoms with Crippen LogP contribution in [0.3, 0.4) is 0 Å². The van der Waals surface area contributed by atoms with Gasteiger partial charge in [0.05, 0.1) is 13.2 Å². The van der Waals surface area contributed by atoms with Crippen LogP contribution in [-0.4, -0.2) is 25.2 Å². The fourth-order valence-corrected chi connectivity index (χ4v) is 4.09. The number of hydrogen-bond donors (Lipinski definition) is 0. The van der Waals surface area contributed by atoms with E-state index in [1.54, 1.807) is 0 Å². The molecule has 0 aromatic carbocycles. The van der Waals surface area contributed by atoms with Gasteiger partial charge in [-0.3, -0.25) is 0 Å². The van der Waals surface area contributed by atoms with Crippen LogP contribution < -0.4 is 0 Å². The molecule has 0 heterocycles. The fraction of sp³-hybridized carbons (Fsp3) is 0.786. The first-order valence-electron chi connectivity index (χ1n) is 13.4. The predicted octanol–water partition coefficient (Wildman–Crippen LogP) is 7.86. The van der Waals surface area contributed by atoms with Gasteiger partial charge in [0.1, 0.15) is 0 Å². The van der Waals surface area contributed by atoms with E-state index in [9.17, 15) is 9.59 Å². The molecule has 1 aliphatic carbocycles. The molecule has 0 saturated heterocycles. The lowest BCUT2D eigenvalue weighted by molar-refractivity contribution is -0.141. The first kappa shape index (κ1) is 28.5. The Morgan fingerprint density at radius 2 is 1.22 bits per heavy atom. The maximum Gasteiger partial charge on any atom is 0.331 e. The van der Waals surface area contributed by atoms with Crippen molar-refractivity contribution in [1.29, 1.82) is 0 Å². The monoisotopic (exact) mass is 448 g/mol. The molecule has 1 atom stereocenters. The quantitative estimate of drug-likeness (QED) is 0.0823. The maximum atomic E-state index is 11.7. The highest BCUT2D eigenvalue weighted by molar-refractivity contribution is 5.91. The Bertz CT molecular complexity index is 524. The minimum absolute atomic E-state index is 0.398. The van der Waals surface area contributed by atoms with Crippen LogP contribution in [0.1, 0.15) is 122 Å². The van der Waals surface area contributed by atoms with E-state index >= 15 is 0 Å². The number of carbonyl (C=O) groups is 2. The van der Waals surface area contributed by atoms with E-state index < -0.39 is 11.9 Å². The van der Waals surface area contributed by atoms with Gasteiger partial charge < -0.3 is 9.47 Å². The smallest absolute Gasteiger partial charge is 0.331 e. The summed E-state index contributed by atoms with van der Waals surface area (Å²) < 4.78 is 10.4. The molecule has 0 fully saturated rings. The van der Waals surface area contributed by atoms with Crippen molar-refractivity contribution in [2.45, 2.75) is 122 Å². The topological polar surface area (TPSA) is 52.6 Å². The van der Waals surface area contributed by atoms with Gasteiger partial charge in [0.15, 0.2) is 0 Å². The van der Waals surface area contributed by atoms with E-state index in [1.807, 2.05) is 0 Å². The summed E-state index contributed by atoms with van der Waals surface area (Å²) in [5.74, 6) is -0.536. The van der Waals surface area contributed by atoms with Crippen LogP contribution >= 0.6 is 0 Å². The minimum Gasteiger partial charge on any atom is -0.463 e. The van der Waals surface area contributed by atoms with E-state index in [0.29, 0.717) is 19.1 Å². The number of ether oxygens (including phenoxy) is 2. The normalized spacial score (nSPS) is 15.8. The van der Waals surface area contributed by atoms with E-state index in [0.717, 1.165) is 32.1 Å². The molecule has 4 heteroatoms. The SMILES string of the molecule is CCCCCCCCCCCCCCCCCOC(=O)/C=C/C(=O)OCC1CC=CCC1. The van der Waals surface area contributed by atoms with Gasteiger partial charge in [-0.2, -0.15) is 0 Å². The van der Waals surface area contributed by atoms with Crippen LogP contribution in [0.25, 0.3) is 0 Å². The van der Waals surface area contributed by atoms with Crippen LogP contribution in [0, 0.1) is 5.92 Å². The van der Waals surface area contributed by atoms with Crippen LogP contribution in [-0.2, 0) is 19.1 Å². The van der Waals surface area contributed by atoms with E-state index in [-0.39, 0.29) is 0 Å². The Kier molecular flexibility index (Phi) is 18.9. The molecule has 0 aromatic heterocycles. The summed E-state index contributed by atoms with van der Waals surface area (Å²) in [5.41, 5.74) is 0. The molecule has 0 aromatic rings. The minimum atomic E-state index is -0.469. The molecule has 1 rings (SSSR count). The van der Waals surface area contributed by atoms with Gasteiger partial charge in [0, 0.05) is 12.2 Å². The zero-order valence-electron chi connectivity index (χ0n) is 20.7. The van der Waals surface area contributed by atoms with Gasteiger partial charge in [-0.25, -0.2) is 9.59 Å². The average Bonchev–Trinajstić information content (AvgIpc) is 2.81. The summed E-state index contributed by atoms with van der Waals surface area (Å²) in [6.45, 7) is 3.11. The first-order valence-corrected chi connectivity index (χ1v) is 13.4. The molecule has 0 bridgehead atoms. The third-order valence-electron chi connectivity index (χ3n) is 6.19. The van der Waals surface area contributed by atoms with E-state index in [2.05, 4.69) is 19.1 Å². The second kappa shape index (κ2) is 21.3. The van der Waals surface area contributed by atoms with E-state index in [1.165, 1.54) is 95.6 Å². The molecule has 4 nitrogen and oxygen atoms in total. The van der Waals surface area contributed by atoms with Crippen molar-refractivity contribution in [1.82, 2.24) is 0 Å². The molecule has 1 unspecified atom stereocenters. The number of esters is 2. The number of carbonyl (C=O) groups excluding carboxylic acids is 2. The van der Waals surface area contributed by atoms with Crippen molar-refractivity contribution in [3.05, 3.63) is 24.3 Å². The summed E-state index contributed by atoms with van der Waals surface area (Å²) in [7, 11) is 0. The molecule has 0 saturated carbocycles. The van der Waals surface area contributed by atoms with Gasteiger partial charge in [-0.15, -0.1) is 0 Å². The number of unbranched alkanes of at least 4 members (excludes halogenated alkanes) is 14. The van der Waals surface area contributed by atoms with Crippen molar-refractivity contribution in [3.63, 3.8) is 0 Å². The lowest BCUT2D eigenvalue weighted by Crippen LogP contribution is -2.14. The summed E-state index contributed by atoms with van der Waals surface area (Å²) in [5, 5.41) is 0. The molecule has 0 spiro atoms. The fourth-order valence-electron chi connectivity index (χ4n) is 4.09. The van der Waals surface area contributed by atoms with Gasteiger partial charge in [0.25, 0.3) is 0 Å². The number of hydrogen-bond acceptors (Lipinski definition) is 4. The van der Waals surface area contributed by atoms with Crippen molar-refractivity contribution in [3.8, 4) is 0 Å². The van der Waals surface area contributed by atoms with Crippen LogP contribution in [0.15, 0.2) is 24.3 Å². The number of rotatable bonds is 20. The predicted molar refractivity (Wildman–Crippen MR) is 132 cm³/mol. The average molecular weight is 449 g/mol. The summed E-state index contributed by atoms with van der Waals surface area (Å²) in [4.78, 5) is 23.4. The van der Waals surface area contributed by atoms with Crippen LogP contribution in [0.2, 0.25) is 0 Å². The summed E-state index contributed by atoms with van der Waals surface area (Å²) in [6.07, 6.45) is 29.4. The Morgan fingerprint density at radius 1 is 0.719 bits per heavy atom. The highest BCUT2D eigenvalue weighted by Crippen LogP contribution is 2.18. The molecule has 32 heavy (non-hydrogen) atoms. The standard InChI is InChI=1S/C28H48O4/c1-2-3-4-5-6-7-8-9-10-11-12-13-14-15-19-24-31-27(29)22-23-28(30)32-25-26-20-17-16-18-21-26/h16-17,22-23,26H,2-15,18-21,24-25H2,1H3/b23-22+. The van der Waals surface area contributed by atoms with Crippen molar-refractivity contribution >= 4 is 11.9 Å². The molecule has 184 valence electrons. The first-order chi connectivity index (χ1) is 15.7. The third-order valence-corrected chi connectivity index (χ3v) is 6.19. The van der Waals surface area contributed by atoms with Gasteiger partial charge in [-0.05, 0) is 31.6 Å². The third kappa shape index (κ3) is 18.0. The summed E-state index contributed by atoms with van der Waals surface area (Å²) in [6, 6.07) is 0. The zero-order valence-corrected chi connectivity index (χ0v) is 20.7. The molecular weight excluding hydrogens is 400 g/mol. The van der Waals surface area contributed by atoms with Gasteiger partial charge in [-0.1, -0.05) is 109 Å². The Hall–Kier alpha value is -1.58.